The Balaban J connectivity index is 1.42. The Kier molecular flexibility index (Phi) is 5.96. The molecule has 0 bridgehead atoms. The summed E-state index contributed by atoms with van der Waals surface area (Å²) in [7, 11) is 0. The number of nitrogens with zero attached hydrogens (tertiary/aromatic N) is 3. The van der Waals surface area contributed by atoms with Gasteiger partial charge >= 0.3 is 12.1 Å². The van der Waals surface area contributed by atoms with Crippen LogP contribution in [0.5, 0.6) is 0 Å². The average Bonchev–Trinajstić information content (AvgIpc) is 3.16. The highest BCUT2D eigenvalue weighted by Crippen LogP contribution is 2.24. The first-order valence-electron chi connectivity index (χ1n) is 8.86. The summed E-state index contributed by atoms with van der Waals surface area (Å²) in [5.74, 6) is -1.67. The quantitative estimate of drug-likeness (QED) is 0.837. The summed E-state index contributed by atoms with van der Waals surface area (Å²) in [5.41, 5.74) is 0.821. The Morgan fingerprint density at radius 3 is 2.50 bits per heavy atom. The Morgan fingerprint density at radius 2 is 1.86 bits per heavy atom. The molecular formula is C18H19F3N4O3. The first kappa shape index (κ1) is 19.8. The van der Waals surface area contributed by atoms with E-state index in [1.54, 1.807) is 0 Å². The Morgan fingerprint density at radius 1 is 1.18 bits per heavy atom. The van der Waals surface area contributed by atoms with Gasteiger partial charge in [-0.2, -0.15) is 18.2 Å². The van der Waals surface area contributed by atoms with E-state index in [0.29, 0.717) is 18.1 Å². The highest BCUT2D eigenvalue weighted by molar-refractivity contribution is 5.83. The molecule has 0 spiro atoms. The van der Waals surface area contributed by atoms with Gasteiger partial charge in [0.25, 0.3) is 0 Å². The molecule has 28 heavy (non-hydrogen) atoms. The topological polar surface area (TPSA) is 88.3 Å². The molecule has 3 rings (SSSR count). The highest BCUT2D eigenvalue weighted by Gasteiger charge is 2.43. The minimum atomic E-state index is -4.88. The van der Waals surface area contributed by atoms with Crippen LogP contribution in [0.25, 0.3) is 11.4 Å². The number of hydrogen-bond acceptors (Lipinski definition) is 5. The standard InChI is InChI=1S/C18H19F3N4O3/c19-18(20,21)17(27)25-10-7-13(8-11-25)16(26)22-9-6-14-23-15(24-28-14)12-4-2-1-3-5-12/h1-5,13H,6-11H2,(H,22,26). The van der Waals surface area contributed by atoms with Gasteiger partial charge in [-0.05, 0) is 12.8 Å². The normalized spacial score (nSPS) is 15.5. The Bertz CT molecular complexity index is 815. The molecule has 1 aliphatic heterocycles. The number of carbonyl (C=O) groups excluding carboxylic acids is 2. The predicted molar refractivity (Wildman–Crippen MR) is 91.8 cm³/mol. The molecule has 10 heteroatoms. The summed E-state index contributed by atoms with van der Waals surface area (Å²) in [6.07, 6.45) is -4.13. The van der Waals surface area contributed by atoms with Gasteiger partial charge in [-0.1, -0.05) is 35.5 Å². The maximum absolute atomic E-state index is 12.4. The molecule has 0 saturated carbocycles. The second-order valence-electron chi connectivity index (χ2n) is 6.48. The predicted octanol–water partition coefficient (Wildman–Crippen LogP) is 2.20. The van der Waals surface area contributed by atoms with Crippen molar-refractivity contribution in [1.82, 2.24) is 20.4 Å². The van der Waals surface area contributed by atoms with Crippen molar-refractivity contribution >= 4 is 11.8 Å². The lowest BCUT2D eigenvalue weighted by molar-refractivity contribution is -0.186. The number of nitrogens with one attached hydrogen (secondary N) is 1. The zero-order valence-electron chi connectivity index (χ0n) is 14.9. The van der Waals surface area contributed by atoms with Gasteiger partial charge in [-0.3, -0.25) is 9.59 Å². The molecular weight excluding hydrogens is 377 g/mol. The molecule has 150 valence electrons. The van der Waals surface area contributed by atoms with Crippen LogP contribution >= 0.6 is 0 Å². The van der Waals surface area contributed by atoms with Crippen LogP contribution in [0, 0.1) is 5.92 Å². The van der Waals surface area contributed by atoms with Gasteiger partial charge in [0.2, 0.25) is 17.6 Å². The molecule has 2 heterocycles. The molecule has 1 aliphatic rings. The molecule has 2 aromatic rings. The van der Waals surface area contributed by atoms with E-state index in [9.17, 15) is 22.8 Å². The van der Waals surface area contributed by atoms with Crippen LogP contribution in [0.15, 0.2) is 34.9 Å². The second kappa shape index (κ2) is 8.41. The minimum Gasteiger partial charge on any atom is -0.355 e. The second-order valence-corrected chi connectivity index (χ2v) is 6.48. The van der Waals surface area contributed by atoms with Gasteiger partial charge in [-0.25, -0.2) is 0 Å². The number of carbonyl (C=O) groups is 2. The van der Waals surface area contributed by atoms with E-state index in [1.807, 2.05) is 30.3 Å². The molecule has 1 aromatic carbocycles. The third-order valence-electron chi connectivity index (χ3n) is 4.53. The van der Waals surface area contributed by atoms with Gasteiger partial charge in [0.05, 0.1) is 0 Å². The van der Waals surface area contributed by atoms with Crippen molar-refractivity contribution in [2.24, 2.45) is 5.92 Å². The lowest BCUT2D eigenvalue weighted by Gasteiger charge is -2.31. The van der Waals surface area contributed by atoms with Crippen molar-refractivity contribution in [2.75, 3.05) is 19.6 Å². The van der Waals surface area contributed by atoms with Gasteiger partial charge in [0, 0.05) is 37.5 Å². The third kappa shape index (κ3) is 4.87. The van der Waals surface area contributed by atoms with Crippen molar-refractivity contribution in [3.8, 4) is 11.4 Å². The van der Waals surface area contributed by atoms with Crippen molar-refractivity contribution in [1.29, 1.82) is 0 Å². The van der Waals surface area contributed by atoms with E-state index in [-0.39, 0.29) is 38.4 Å². The number of hydrogen-bond donors (Lipinski definition) is 1. The number of benzene rings is 1. The number of aromatic nitrogens is 2. The summed E-state index contributed by atoms with van der Waals surface area (Å²) in [5, 5.41) is 6.62. The number of rotatable bonds is 5. The van der Waals surface area contributed by atoms with Crippen LogP contribution < -0.4 is 5.32 Å². The van der Waals surface area contributed by atoms with Crippen molar-refractivity contribution in [3.63, 3.8) is 0 Å². The molecule has 1 fully saturated rings. The molecule has 0 radical (unpaired) electrons. The monoisotopic (exact) mass is 396 g/mol. The molecule has 0 unspecified atom stereocenters. The van der Waals surface area contributed by atoms with E-state index < -0.39 is 18.0 Å². The van der Waals surface area contributed by atoms with Gasteiger partial charge in [0.15, 0.2) is 0 Å². The van der Waals surface area contributed by atoms with Crippen LogP contribution in [-0.4, -0.2) is 52.7 Å². The fourth-order valence-electron chi connectivity index (χ4n) is 3.02. The molecule has 1 saturated heterocycles. The number of alkyl halides is 3. The summed E-state index contributed by atoms with van der Waals surface area (Å²) >= 11 is 0. The van der Waals surface area contributed by atoms with Crippen molar-refractivity contribution < 1.29 is 27.3 Å². The first-order valence-corrected chi connectivity index (χ1v) is 8.86. The van der Waals surface area contributed by atoms with Crippen LogP contribution in [0.1, 0.15) is 18.7 Å². The zero-order valence-corrected chi connectivity index (χ0v) is 14.9. The number of amides is 2. The summed E-state index contributed by atoms with van der Waals surface area (Å²) in [6, 6.07) is 9.31. The van der Waals surface area contributed by atoms with Gasteiger partial charge in [-0.15, -0.1) is 0 Å². The van der Waals surface area contributed by atoms with Crippen LogP contribution in [-0.2, 0) is 16.0 Å². The fraction of sp³-hybridized carbons (Fsp3) is 0.444. The average molecular weight is 396 g/mol. The summed E-state index contributed by atoms with van der Waals surface area (Å²) in [6.45, 7) is 0.109. The summed E-state index contributed by atoms with van der Waals surface area (Å²) < 4.78 is 42.5. The maximum Gasteiger partial charge on any atom is 0.471 e. The molecule has 7 nitrogen and oxygen atoms in total. The maximum atomic E-state index is 12.4. The lowest BCUT2D eigenvalue weighted by Crippen LogP contribution is -2.47. The number of halogens is 3. The van der Waals surface area contributed by atoms with E-state index in [2.05, 4.69) is 15.5 Å². The van der Waals surface area contributed by atoms with E-state index in [0.717, 1.165) is 10.5 Å². The van der Waals surface area contributed by atoms with Crippen LogP contribution in [0.2, 0.25) is 0 Å². The largest absolute Gasteiger partial charge is 0.471 e. The molecule has 2 amide bonds. The number of likely N-dealkylation sites (tertiary alicyclic amines) is 1. The fourth-order valence-corrected chi connectivity index (χ4v) is 3.02. The summed E-state index contributed by atoms with van der Waals surface area (Å²) in [4.78, 5) is 28.4. The molecule has 0 aliphatic carbocycles. The molecule has 1 aromatic heterocycles. The van der Waals surface area contributed by atoms with E-state index in [4.69, 9.17) is 4.52 Å². The van der Waals surface area contributed by atoms with Crippen molar-refractivity contribution in [2.45, 2.75) is 25.4 Å². The zero-order chi connectivity index (χ0) is 20.1. The smallest absolute Gasteiger partial charge is 0.355 e. The van der Waals surface area contributed by atoms with E-state index >= 15 is 0 Å². The van der Waals surface area contributed by atoms with E-state index in [1.165, 1.54) is 0 Å². The SMILES string of the molecule is O=C(NCCc1nc(-c2ccccc2)no1)C1CCN(C(=O)C(F)(F)F)CC1. The number of piperidine rings is 1. The highest BCUT2D eigenvalue weighted by atomic mass is 19.4. The lowest BCUT2D eigenvalue weighted by atomic mass is 9.96. The van der Waals surface area contributed by atoms with Crippen molar-refractivity contribution in [3.05, 3.63) is 36.2 Å². The van der Waals surface area contributed by atoms with Crippen LogP contribution in [0.4, 0.5) is 13.2 Å². The first-order chi connectivity index (χ1) is 13.3. The van der Waals surface area contributed by atoms with Gasteiger partial charge in [0.1, 0.15) is 0 Å². The molecule has 0 atom stereocenters. The van der Waals surface area contributed by atoms with Crippen LogP contribution in [0.3, 0.4) is 0 Å². The minimum absolute atomic E-state index is 0.0828. The van der Waals surface area contributed by atoms with Gasteiger partial charge < -0.3 is 14.7 Å². The third-order valence-corrected chi connectivity index (χ3v) is 4.53. The Labute approximate surface area is 158 Å². The molecule has 1 N–H and O–H groups in total. The Hall–Kier alpha value is -2.91.